The van der Waals surface area contributed by atoms with Gasteiger partial charge in [0, 0.05) is 40.9 Å². The Bertz CT molecular complexity index is 1590. The van der Waals surface area contributed by atoms with Crippen LogP contribution in [0.1, 0.15) is 89.1 Å². The van der Waals surface area contributed by atoms with E-state index in [0.717, 1.165) is 47.6 Å². The first kappa shape index (κ1) is 32.1. The molecule has 11 heteroatoms. The number of aromatic nitrogens is 1. The maximum absolute atomic E-state index is 13.7. The van der Waals surface area contributed by atoms with Gasteiger partial charge in [-0.2, -0.15) is 0 Å². The van der Waals surface area contributed by atoms with Crippen molar-refractivity contribution in [2.45, 2.75) is 101 Å². The zero-order chi connectivity index (χ0) is 31.6. The van der Waals surface area contributed by atoms with Gasteiger partial charge in [-0.25, -0.2) is 22.9 Å². The van der Waals surface area contributed by atoms with E-state index in [9.17, 15) is 18.0 Å². The van der Waals surface area contributed by atoms with Crippen molar-refractivity contribution >= 4 is 39.0 Å². The quantitative estimate of drug-likeness (QED) is 0.237. The van der Waals surface area contributed by atoms with E-state index >= 15 is 0 Å². The molecule has 0 spiro atoms. The summed E-state index contributed by atoms with van der Waals surface area (Å²) in [6, 6.07) is 15.1. The molecule has 2 aliphatic carbocycles. The van der Waals surface area contributed by atoms with Crippen molar-refractivity contribution in [1.82, 2.24) is 15.0 Å². The van der Waals surface area contributed by atoms with Crippen LogP contribution in [-0.2, 0) is 19.6 Å². The fraction of sp³-hybridized carbons (Fsp3) is 0.485. The lowest BCUT2D eigenvalue weighted by atomic mass is 9.86. The third kappa shape index (κ3) is 8.05. The fourth-order valence-corrected chi connectivity index (χ4v) is 8.63. The van der Waals surface area contributed by atoms with Crippen LogP contribution in [0, 0.1) is 5.92 Å². The smallest absolute Gasteiger partial charge is 0.407 e. The number of hydrogen-bond donors (Lipinski definition) is 3. The lowest BCUT2D eigenvalue weighted by Gasteiger charge is -2.28. The third-order valence-corrected chi connectivity index (χ3v) is 10.9. The van der Waals surface area contributed by atoms with Crippen LogP contribution in [0.3, 0.4) is 0 Å². The van der Waals surface area contributed by atoms with Crippen LogP contribution in [-0.4, -0.2) is 43.1 Å². The molecule has 1 aromatic heterocycles. The zero-order valence-electron chi connectivity index (χ0n) is 25.9. The molecule has 2 saturated carbocycles. The number of anilines is 1. The minimum Gasteiger partial charge on any atom is -0.447 e. The number of carbonyl (C=O) groups excluding carboxylic acids is 2. The number of carbonyl (C=O) groups is 2. The second-order valence-corrected chi connectivity index (χ2v) is 15.8. The molecule has 0 radical (unpaired) electrons. The van der Waals surface area contributed by atoms with E-state index < -0.39 is 15.6 Å². The number of benzene rings is 2. The predicted molar refractivity (Wildman–Crippen MR) is 173 cm³/mol. The minimum absolute atomic E-state index is 0.0681. The molecular weight excluding hydrogens is 597 g/mol. The number of nitrogens with one attached hydrogen (secondary N) is 3. The third-order valence-electron chi connectivity index (χ3n) is 7.86. The number of ether oxygens (including phenoxy) is 1. The molecule has 9 nitrogen and oxygen atoms in total. The summed E-state index contributed by atoms with van der Waals surface area (Å²) in [6.07, 6.45) is 5.34. The fourth-order valence-electron chi connectivity index (χ4n) is 5.77. The van der Waals surface area contributed by atoms with E-state index in [1.165, 1.54) is 11.3 Å². The second kappa shape index (κ2) is 13.0. The van der Waals surface area contributed by atoms with E-state index in [2.05, 4.69) is 15.4 Å². The van der Waals surface area contributed by atoms with Crippen molar-refractivity contribution in [2.24, 2.45) is 5.92 Å². The number of rotatable bonds is 9. The number of alkyl carbamates (subject to hydrolysis) is 1. The Balaban J connectivity index is 1.32. The van der Waals surface area contributed by atoms with Crippen molar-refractivity contribution in [3.8, 4) is 10.4 Å². The maximum atomic E-state index is 13.7. The summed E-state index contributed by atoms with van der Waals surface area (Å²) in [7, 11) is -3.93. The van der Waals surface area contributed by atoms with Gasteiger partial charge in [-0.15, -0.1) is 11.3 Å². The van der Waals surface area contributed by atoms with Gasteiger partial charge in [0.15, 0.2) is 0 Å². The zero-order valence-corrected chi connectivity index (χ0v) is 27.6. The first-order chi connectivity index (χ1) is 20.8. The van der Waals surface area contributed by atoms with E-state index in [1.807, 2.05) is 44.2 Å². The molecule has 0 aliphatic heterocycles. The van der Waals surface area contributed by atoms with Crippen LogP contribution >= 0.6 is 11.3 Å². The largest absolute Gasteiger partial charge is 0.447 e. The highest BCUT2D eigenvalue weighted by Crippen LogP contribution is 2.48. The number of nitrogens with zero attached hydrogens (tertiary/aromatic N) is 1. The van der Waals surface area contributed by atoms with Gasteiger partial charge in [0.1, 0.15) is 0 Å². The van der Waals surface area contributed by atoms with E-state index in [4.69, 9.17) is 9.72 Å². The Hall–Kier alpha value is -3.28. The van der Waals surface area contributed by atoms with Gasteiger partial charge in [-0.3, -0.25) is 4.79 Å². The Morgan fingerprint density at radius 3 is 2.39 bits per heavy atom. The molecule has 2 aliphatic rings. The van der Waals surface area contributed by atoms with Crippen LogP contribution in [0.5, 0.6) is 0 Å². The summed E-state index contributed by atoms with van der Waals surface area (Å²) in [5.74, 6) is 0.160. The number of thiazole rings is 1. The Labute approximate surface area is 264 Å². The number of sulfonamides is 1. The van der Waals surface area contributed by atoms with Crippen LogP contribution < -0.4 is 15.4 Å². The molecule has 44 heavy (non-hydrogen) atoms. The Morgan fingerprint density at radius 2 is 1.73 bits per heavy atom. The van der Waals surface area contributed by atoms with Gasteiger partial charge in [-0.1, -0.05) is 36.4 Å². The lowest BCUT2D eigenvalue weighted by molar-refractivity contribution is -0.117. The molecule has 2 atom stereocenters. The molecule has 2 unspecified atom stereocenters. The highest BCUT2D eigenvalue weighted by atomic mass is 32.2. The van der Waals surface area contributed by atoms with E-state index in [0.29, 0.717) is 11.3 Å². The van der Waals surface area contributed by atoms with E-state index in [1.54, 1.807) is 45.2 Å². The first-order valence-electron chi connectivity index (χ1n) is 15.3. The summed E-state index contributed by atoms with van der Waals surface area (Å²) in [5, 5.41) is 6.87. The average molecular weight is 639 g/mol. The van der Waals surface area contributed by atoms with Gasteiger partial charge >= 0.3 is 6.09 Å². The van der Waals surface area contributed by atoms with Gasteiger partial charge in [-0.05, 0) is 90.3 Å². The van der Waals surface area contributed by atoms with Crippen LogP contribution in [0.4, 0.5) is 10.5 Å². The monoisotopic (exact) mass is 638 g/mol. The van der Waals surface area contributed by atoms with Gasteiger partial charge in [0.2, 0.25) is 15.9 Å². The van der Waals surface area contributed by atoms with Crippen molar-refractivity contribution in [3.63, 3.8) is 0 Å². The van der Waals surface area contributed by atoms with Crippen LogP contribution in [0.2, 0.25) is 0 Å². The summed E-state index contributed by atoms with van der Waals surface area (Å²) in [5.41, 5.74) is 1.43. The molecule has 2 amide bonds. The second-order valence-electron chi connectivity index (χ2n) is 13.1. The summed E-state index contributed by atoms with van der Waals surface area (Å²) in [4.78, 5) is 30.7. The van der Waals surface area contributed by atoms with Crippen molar-refractivity contribution in [1.29, 1.82) is 0 Å². The molecule has 2 aromatic carbocycles. The van der Waals surface area contributed by atoms with E-state index in [-0.39, 0.29) is 46.8 Å². The van der Waals surface area contributed by atoms with Gasteiger partial charge in [0.05, 0.1) is 20.9 Å². The normalized spacial score (nSPS) is 22.0. The number of amides is 2. The lowest BCUT2D eigenvalue weighted by Crippen LogP contribution is -2.40. The minimum atomic E-state index is -3.93. The highest BCUT2D eigenvalue weighted by molar-refractivity contribution is 7.89. The van der Waals surface area contributed by atoms with Crippen molar-refractivity contribution in [3.05, 3.63) is 65.3 Å². The maximum Gasteiger partial charge on any atom is 0.407 e. The average Bonchev–Trinajstić information content (AvgIpc) is 3.61. The molecule has 2 fully saturated rings. The highest BCUT2D eigenvalue weighted by Gasteiger charge is 2.44. The molecule has 1 heterocycles. The van der Waals surface area contributed by atoms with Crippen LogP contribution in [0.25, 0.3) is 10.4 Å². The van der Waals surface area contributed by atoms with Crippen molar-refractivity contribution in [2.75, 3.05) is 5.32 Å². The summed E-state index contributed by atoms with van der Waals surface area (Å²) in [6.45, 7) is 9.04. The molecule has 3 aromatic rings. The van der Waals surface area contributed by atoms with Gasteiger partial charge < -0.3 is 15.4 Å². The van der Waals surface area contributed by atoms with Crippen molar-refractivity contribution < 1.29 is 22.7 Å². The van der Waals surface area contributed by atoms with Gasteiger partial charge in [0.25, 0.3) is 0 Å². The number of hydrogen-bond acceptors (Lipinski definition) is 7. The molecule has 236 valence electrons. The standard InChI is InChI=1S/C33H42N4O5S2/c1-20(2)42-32(39)36-23-13-11-22(12-14-23)31-34-19-28(43-31)25-16-15-24(17-29(25)44(40,41)37-33(3,4)5)35-30(38)27-18-26(27)21-9-7-6-8-10-21/h6-10,15-17,19-20,22-23,26-27,37H,11-14,18H2,1-5H3,(H,35,38)(H,36,39)/t22-,23-,26?,27?. The van der Waals surface area contributed by atoms with Crippen LogP contribution in [0.15, 0.2) is 59.6 Å². The topological polar surface area (TPSA) is 126 Å². The predicted octanol–water partition coefficient (Wildman–Crippen LogP) is 6.79. The molecule has 3 N–H and O–H groups in total. The molecule has 5 rings (SSSR count). The molecule has 0 saturated heterocycles. The SMILES string of the molecule is CC(C)OC(=O)N[C@H]1CC[C@H](c2ncc(-c3ccc(NC(=O)C4CC4c4ccccc4)cc3S(=O)(=O)NC(C)(C)C)s2)CC1. The Kier molecular flexibility index (Phi) is 9.48. The first-order valence-corrected chi connectivity index (χ1v) is 17.6. The Morgan fingerprint density at radius 1 is 1.02 bits per heavy atom. The molecular formula is C33H42N4O5S2. The summed E-state index contributed by atoms with van der Waals surface area (Å²) >= 11 is 1.49. The molecule has 0 bridgehead atoms. The summed E-state index contributed by atoms with van der Waals surface area (Å²) < 4.78 is 35.3.